The van der Waals surface area contributed by atoms with Crippen molar-refractivity contribution in [3.63, 3.8) is 0 Å². The molecule has 2 aliphatic rings. The van der Waals surface area contributed by atoms with Crippen LogP contribution in [0.25, 0.3) is 11.1 Å². The van der Waals surface area contributed by atoms with Gasteiger partial charge in [0.15, 0.2) is 0 Å². The summed E-state index contributed by atoms with van der Waals surface area (Å²) in [5.41, 5.74) is 3.56. The average Bonchev–Trinajstić information content (AvgIpc) is 3.13. The van der Waals surface area contributed by atoms with Crippen LogP contribution in [-0.2, 0) is 14.3 Å². The van der Waals surface area contributed by atoms with Crippen LogP contribution in [0.5, 0.6) is 0 Å². The van der Waals surface area contributed by atoms with E-state index in [9.17, 15) is 19.5 Å². The minimum atomic E-state index is -1.05. The van der Waals surface area contributed by atoms with E-state index in [4.69, 9.17) is 9.84 Å². The number of rotatable bonds is 7. The molecule has 8 heteroatoms. The summed E-state index contributed by atoms with van der Waals surface area (Å²) in [6, 6.07) is 15.0. The first-order valence-corrected chi connectivity index (χ1v) is 11.6. The maximum atomic E-state index is 13.0. The fourth-order valence-corrected chi connectivity index (χ4v) is 4.74. The summed E-state index contributed by atoms with van der Waals surface area (Å²) < 4.78 is 5.54. The van der Waals surface area contributed by atoms with Crippen molar-refractivity contribution < 1.29 is 29.3 Å². The van der Waals surface area contributed by atoms with Crippen LogP contribution in [0, 0.1) is 0 Å². The zero-order chi connectivity index (χ0) is 24.3. The van der Waals surface area contributed by atoms with Gasteiger partial charge in [-0.25, -0.2) is 4.79 Å². The van der Waals surface area contributed by atoms with E-state index < -0.39 is 23.7 Å². The topological polar surface area (TPSA) is 116 Å². The van der Waals surface area contributed by atoms with Crippen LogP contribution in [0.15, 0.2) is 48.5 Å². The number of carbonyl (C=O) groups excluding carboxylic acids is 2. The Bertz CT molecular complexity index is 1030. The van der Waals surface area contributed by atoms with Gasteiger partial charge in [0.1, 0.15) is 12.6 Å². The Hall–Kier alpha value is -3.39. The van der Waals surface area contributed by atoms with E-state index in [0.717, 1.165) is 22.3 Å². The second-order valence-corrected chi connectivity index (χ2v) is 9.28. The Morgan fingerprint density at radius 1 is 1.06 bits per heavy atom. The third-order valence-corrected chi connectivity index (χ3v) is 6.73. The highest BCUT2D eigenvalue weighted by Gasteiger charge is 2.34. The Balaban J connectivity index is 1.41. The molecule has 4 rings (SSSR count). The zero-order valence-electron chi connectivity index (χ0n) is 19.2. The minimum Gasteiger partial charge on any atom is -0.481 e. The predicted molar refractivity (Wildman–Crippen MR) is 125 cm³/mol. The van der Waals surface area contributed by atoms with Gasteiger partial charge in [0, 0.05) is 25.4 Å². The normalized spacial score (nSPS) is 17.4. The number of carbonyl (C=O) groups is 3. The van der Waals surface area contributed by atoms with Crippen molar-refractivity contribution >= 4 is 18.0 Å². The second-order valence-electron chi connectivity index (χ2n) is 9.28. The van der Waals surface area contributed by atoms with Crippen molar-refractivity contribution in [1.29, 1.82) is 0 Å². The van der Waals surface area contributed by atoms with Gasteiger partial charge in [-0.3, -0.25) is 9.59 Å². The molecule has 0 saturated carbocycles. The lowest BCUT2D eigenvalue weighted by Crippen LogP contribution is -2.53. The third-order valence-electron chi connectivity index (χ3n) is 6.73. The molecule has 1 fully saturated rings. The number of alkyl carbamates (subject to hydrolysis) is 1. The summed E-state index contributed by atoms with van der Waals surface area (Å²) in [5, 5.41) is 21.8. The number of carboxylic acid groups (broad SMARTS) is 1. The number of aliphatic hydroxyl groups is 1. The van der Waals surface area contributed by atoms with Crippen LogP contribution in [0.4, 0.5) is 4.79 Å². The van der Waals surface area contributed by atoms with Gasteiger partial charge in [-0.05, 0) is 48.4 Å². The molecule has 34 heavy (non-hydrogen) atoms. The standard InChI is InChI=1S/C26H30N2O6/c1-26(33)12-14-28(15-13-26)24(31)22(10-11-23(29)30)27-25(32)34-16-21-19-8-4-2-6-17(19)18-7-3-5-9-20(18)21/h2-9,21-22,33H,10-16H2,1H3,(H,27,32)(H,29,30). The molecule has 1 saturated heterocycles. The van der Waals surface area contributed by atoms with E-state index in [-0.39, 0.29) is 31.3 Å². The van der Waals surface area contributed by atoms with Crippen molar-refractivity contribution in [2.24, 2.45) is 0 Å². The van der Waals surface area contributed by atoms with Gasteiger partial charge >= 0.3 is 12.1 Å². The highest BCUT2D eigenvalue weighted by Crippen LogP contribution is 2.44. The van der Waals surface area contributed by atoms with E-state index in [1.807, 2.05) is 48.5 Å². The summed E-state index contributed by atoms with van der Waals surface area (Å²) >= 11 is 0. The highest BCUT2D eigenvalue weighted by molar-refractivity contribution is 5.86. The summed E-state index contributed by atoms with van der Waals surface area (Å²) in [6.45, 7) is 2.53. The van der Waals surface area contributed by atoms with E-state index >= 15 is 0 Å². The molecule has 3 N–H and O–H groups in total. The first-order valence-electron chi connectivity index (χ1n) is 11.6. The number of benzene rings is 2. The number of hydrogen-bond acceptors (Lipinski definition) is 5. The summed E-state index contributed by atoms with van der Waals surface area (Å²) in [6.07, 6.45) is -0.198. The number of ether oxygens (including phenoxy) is 1. The van der Waals surface area contributed by atoms with Crippen LogP contribution in [0.1, 0.15) is 49.7 Å². The van der Waals surface area contributed by atoms with Crippen molar-refractivity contribution in [2.75, 3.05) is 19.7 Å². The Labute approximate surface area is 198 Å². The Morgan fingerprint density at radius 2 is 1.62 bits per heavy atom. The van der Waals surface area contributed by atoms with Crippen LogP contribution in [0.3, 0.4) is 0 Å². The molecule has 0 aromatic heterocycles. The lowest BCUT2D eigenvalue weighted by Gasteiger charge is -2.37. The number of fused-ring (bicyclic) bond motifs is 3. The number of hydrogen-bond donors (Lipinski definition) is 3. The fraction of sp³-hybridized carbons (Fsp3) is 0.423. The molecular weight excluding hydrogens is 436 g/mol. The molecule has 2 aromatic carbocycles. The van der Waals surface area contributed by atoms with Crippen LogP contribution >= 0.6 is 0 Å². The first kappa shape index (κ1) is 23.8. The van der Waals surface area contributed by atoms with Crippen molar-refractivity contribution in [2.45, 2.75) is 50.2 Å². The van der Waals surface area contributed by atoms with Crippen LogP contribution in [0.2, 0.25) is 0 Å². The largest absolute Gasteiger partial charge is 0.481 e. The molecule has 1 aliphatic carbocycles. The van der Waals surface area contributed by atoms with Crippen molar-refractivity contribution in [1.82, 2.24) is 10.2 Å². The molecule has 0 radical (unpaired) electrons. The minimum absolute atomic E-state index is 0.0365. The molecule has 0 bridgehead atoms. The van der Waals surface area contributed by atoms with E-state index in [0.29, 0.717) is 25.9 Å². The molecule has 180 valence electrons. The number of aliphatic carboxylic acids is 1. The summed E-state index contributed by atoms with van der Waals surface area (Å²) in [5.74, 6) is -1.52. The van der Waals surface area contributed by atoms with E-state index in [2.05, 4.69) is 5.32 Å². The molecule has 2 amide bonds. The zero-order valence-corrected chi connectivity index (χ0v) is 19.2. The maximum Gasteiger partial charge on any atom is 0.407 e. The quantitative estimate of drug-likeness (QED) is 0.577. The van der Waals surface area contributed by atoms with Gasteiger partial charge in [-0.1, -0.05) is 48.5 Å². The maximum absolute atomic E-state index is 13.0. The predicted octanol–water partition coefficient (Wildman–Crippen LogP) is 3.13. The lowest BCUT2D eigenvalue weighted by atomic mass is 9.93. The van der Waals surface area contributed by atoms with Crippen molar-refractivity contribution in [3.8, 4) is 11.1 Å². The average molecular weight is 467 g/mol. The monoisotopic (exact) mass is 466 g/mol. The molecule has 1 heterocycles. The molecule has 2 aromatic rings. The number of nitrogens with one attached hydrogen (secondary N) is 1. The van der Waals surface area contributed by atoms with E-state index in [1.165, 1.54) is 0 Å². The number of nitrogens with zero attached hydrogens (tertiary/aromatic N) is 1. The SMILES string of the molecule is CC1(O)CCN(C(=O)C(CCC(=O)O)NC(=O)OCC2c3ccccc3-c3ccccc32)CC1. The second kappa shape index (κ2) is 9.85. The molecule has 1 atom stereocenters. The van der Waals surface area contributed by atoms with Crippen molar-refractivity contribution in [3.05, 3.63) is 59.7 Å². The van der Waals surface area contributed by atoms with Gasteiger partial charge in [0.25, 0.3) is 0 Å². The number of amides is 2. The van der Waals surface area contributed by atoms with Gasteiger partial charge in [-0.2, -0.15) is 0 Å². The molecule has 1 aliphatic heterocycles. The van der Waals surface area contributed by atoms with Gasteiger partial charge < -0.3 is 25.2 Å². The van der Waals surface area contributed by atoms with Crippen LogP contribution < -0.4 is 5.32 Å². The number of carboxylic acids is 1. The number of likely N-dealkylation sites (tertiary alicyclic amines) is 1. The van der Waals surface area contributed by atoms with Gasteiger partial charge in [-0.15, -0.1) is 0 Å². The molecule has 0 spiro atoms. The molecule has 8 nitrogen and oxygen atoms in total. The molecule has 1 unspecified atom stereocenters. The Kier molecular flexibility index (Phi) is 6.88. The summed E-state index contributed by atoms with van der Waals surface area (Å²) in [4.78, 5) is 38.4. The first-order chi connectivity index (χ1) is 16.2. The van der Waals surface area contributed by atoms with Crippen LogP contribution in [-0.4, -0.2) is 64.4 Å². The van der Waals surface area contributed by atoms with E-state index in [1.54, 1.807) is 11.8 Å². The fourth-order valence-electron chi connectivity index (χ4n) is 4.74. The Morgan fingerprint density at radius 3 is 2.18 bits per heavy atom. The smallest absolute Gasteiger partial charge is 0.407 e. The lowest BCUT2D eigenvalue weighted by molar-refractivity contribution is -0.139. The highest BCUT2D eigenvalue weighted by atomic mass is 16.5. The summed E-state index contributed by atoms with van der Waals surface area (Å²) in [7, 11) is 0. The third kappa shape index (κ3) is 5.22. The van der Waals surface area contributed by atoms with Gasteiger partial charge in [0.05, 0.1) is 5.60 Å². The van der Waals surface area contributed by atoms with Gasteiger partial charge in [0.2, 0.25) is 5.91 Å². The number of piperidine rings is 1. The molecular formula is C26H30N2O6.